The summed E-state index contributed by atoms with van der Waals surface area (Å²) < 4.78 is 17.0. The molecule has 0 radical (unpaired) electrons. The van der Waals surface area contributed by atoms with Crippen LogP contribution in [0.5, 0.6) is 11.5 Å². The van der Waals surface area contributed by atoms with Crippen LogP contribution in [0.1, 0.15) is 41.0 Å². The molecule has 1 atom stereocenters. The molecular formula is C20H26O4. The van der Waals surface area contributed by atoms with Crippen LogP contribution < -0.4 is 9.47 Å². The van der Waals surface area contributed by atoms with E-state index < -0.39 is 5.41 Å². The van der Waals surface area contributed by atoms with Crippen LogP contribution in [-0.2, 0) is 9.53 Å². The Bertz CT molecular complexity index is 706. The molecule has 130 valence electrons. The van der Waals surface area contributed by atoms with Crippen molar-refractivity contribution in [1.82, 2.24) is 0 Å². The Hall–Kier alpha value is -2.07. The summed E-state index contributed by atoms with van der Waals surface area (Å²) in [6, 6.07) is 11.3. The lowest BCUT2D eigenvalue weighted by atomic mass is 9.90. The third kappa shape index (κ3) is 4.06. The first-order valence-electron chi connectivity index (χ1n) is 8.41. The summed E-state index contributed by atoms with van der Waals surface area (Å²) in [5, 5.41) is 1.74. The standard InChI is InChI=1S/C20H26O4/c1-6-20(4,5)19(21)24-18-13-12-17(23-14(3)22-7-2)15-10-8-9-11-16(15)18/h8-14H,6-7H2,1-5H3. The lowest BCUT2D eigenvalue weighted by molar-refractivity contribution is -0.144. The van der Waals surface area contributed by atoms with Crippen molar-refractivity contribution in [3.05, 3.63) is 36.4 Å². The molecule has 0 aliphatic carbocycles. The number of fused-ring (bicyclic) bond motifs is 1. The SMILES string of the molecule is CCOC(C)Oc1ccc(OC(=O)C(C)(C)CC)c2ccccc12. The summed E-state index contributed by atoms with van der Waals surface area (Å²) >= 11 is 0. The second-order valence-corrected chi connectivity index (χ2v) is 6.38. The van der Waals surface area contributed by atoms with E-state index in [2.05, 4.69) is 0 Å². The summed E-state index contributed by atoms with van der Waals surface area (Å²) in [7, 11) is 0. The van der Waals surface area contributed by atoms with E-state index in [1.54, 1.807) is 6.07 Å². The number of hydrogen-bond donors (Lipinski definition) is 0. The first-order valence-corrected chi connectivity index (χ1v) is 8.41. The van der Waals surface area contributed by atoms with Gasteiger partial charge in [0.1, 0.15) is 11.5 Å². The van der Waals surface area contributed by atoms with Gasteiger partial charge in [0.15, 0.2) is 6.29 Å². The van der Waals surface area contributed by atoms with E-state index in [0.29, 0.717) is 18.1 Å². The highest BCUT2D eigenvalue weighted by atomic mass is 16.7. The number of ether oxygens (including phenoxy) is 3. The Morgan fingerprint density at radius 2 is 1.62 bits per heavy atom. The first-order chi connectivity index (χ1) is 11.4. The molecule has 4 heteroatoms. The molecule has 24 heavy (non-hydrogen) atoms. The summed E-state index contributed by atoms with van der Waals surface area (Å²) in [6.07, 6.45) is 0.377. The molecule has 4 nitrogen and oxygen atoms in total. The molecule has 0 heterocycles. The van der Waals surface area contributed by atoms with Gasteiger partial charge in [0, 0.05) is 17.4 Å². The predicted molar refractivity (Wildman–Crippen MR) is 95.4 cm³/mol. The smallest absolute Gasteiger partial charge is 0.316 e. The zero-order valence-electron chi connectivity index (χ0n) is 15.1. The molecular weight excluding hydrogens is 304 g/mol. The Balaban J connectivity index is 2.36. The highest BCUT2D eigenvalue weighted by Crippen LogP contribution is 2.35. The third-order valence-electron chi connectivity index (χ3n) is 4.18. The maximum absolute atomic E-state index is 12.4. The van der Waals surface area contributed by atoms with Crippen LogP contribution in [0.2, 0.25) is 0 Å². The van der Waals surface area contributed by atoms with E-state index in [4.69, 9.17) is 14.2 Å². The van der Waals surface area contributed by atoms with Crippen molar-refractivity contribution in [3.8, 4) is 11.5 Å². The molecule has 0 bridgehead atoms. The van der Waals surface area contributed by atoms with Crippen molar-refractivity contribution in [2.75, 3.05) is 6.61 Å². The van der Waals surface area contributed by atoms with Crippen molar-refractivity contribution in [3.63, 3.8) is 0 Å². The molecule has 2 aromatic rings. The highest BCUT2D eigenvalue weighted by molar-refractivity contribution is 5.95. The fourth-order valence-corrected chi connectivity index (χ4v) is 2.27. The lowest BCUT2D eigenvalue weighted by Gasteiger charge is -2.21. The molecule has 0 N–H and O–H groups in total. The summed E-state index contributed by atoms with van der Waals surface area (Å²) in [5.41, 5.74) is -0.514. The van der Waals surface area contributed by atoms with Gasteiger partial charge in [-0.3, -0.25) is 4.79 Å². The molecule has 0 fully saturated rings. The average molecular weight is 330 g/mol. The number of benzene rings is 2. The van der Waals surface area contributed by atoms with Crippen molar-refractivity contribution in [1.29, 1.82) is 0 Å². The number of carbonyl (C=O) groups is 1. The molecule has 0 saturated heterocycles. The van der Waals surface area contributed by atoms with Gasteiger partial charge >= 0.3 is 5.97 Å². The van der Waals surface area contributed by atoms with Crippen molar-refractivity contribution >= 4 is 16.7 Å². The van der Waals surface area contributed by atoms with Crippen molar-refractivity contribution in [2.24, 2.45) is 5.41 Å². The van der Waals surface area contributed by atoms with E-state index >= 15 is 0 Å². The van der Waals surface area contributed by atoms with Crippen LogP contribution in [0.25, 0.3) is 10.8 Å². The van der Waals surface area contributed by atoms with E-state index in [9.17, 15) is 4.79 Å². The number of hydrogen-bond acceptors (Lipinski definition) is 4. The zero-order chi connectivity index (χ0) is 17.7. The highest BCUT2D eigenvalue weighted by Gasteiger charge is 2.28. The normalized spacial score (nSPS) is 12.9. The van der Waals surface area contributed by atoms with Crippen molar-refractivity contribution in [2.45, 2.75) is 47.3 Å². The Kier molecular flexibility index (Phi) is 5.84. The van der Waals surface area contributed by atoms with E-state index in [1.165, 1.54) is 0 Å². The second kappa shape index (κ2) is 7.67. The lowest BCUT2D eigenvalue weighted by Crippen LogP contribution is -2.28. The Morgan fingerprint density at radius 3 is 2.21 bits per heavy atom. The Morgan fingerprint density at radius 1 is 1.04 bits per heavy atom. The van der Waals surface area contributed by atoms with Gasteiger partial charge in [0.25, 0.3) is 0 Å². The molecule has 0 aromatic heterocycles. The third-order valence-corrected chi connectivity index (χ3v) is 4.18. The molecule has 0 spiro atoms. The van der Waals surface area contributed by atoms with E-state index in [-0.39, 0.29) is 12.3 Å². The van der Waals surface area contributed by atoms with Gasteiger partial charge in [-0.1, -0.05) is 31.2 Å². The maximum atomic E-state index is 12.4. The fourth-order valence-electron chi connectivity index (χ4n) is 2.27. The van der Waals surface area contributed by atoms with Gasteiger partial charge in [0.2, 0.25) is 0 Å². The molecule has 0 saturated carbocycles. The minimum Gasteiger partial charge on any atom is -0.465 e. The van der Waals surface area contributed by atoms with Gasteiger partial charge in [0.05, 0.1) is 5.41 Å². The second-order valence-electron chi connectivity index (χ2n) is 6.38. The van der Waals surface area contributed by atoms with Gasteiger partial charge < -0.3 is 14.2 Å². The molecule has 2 rings (SSSR count). The summed E-state index contributed by atoms with van der Waals surface area (Å²) in [4.78, 5) is 12.4. The fraction of sp³-hybridized carbons (Fsp3) is 0.450. The number of esters is 1. The number of rotatable bonds is 7. The minimum absolute atomic E-state index is 0.230. The van der Waals surface area contributed by atoms with Crippen LogP contribution in [0.4, 0.5) is 0 Å². The average Bonchev–Trinajstić information content (AvgIpc) is 2.57. The van der Waals surface area contributed by atoms with Crippen LogP contribution in [0.3, 0.4) is 0 Å². The monoisotopic (exact) mass is 330 g/mol. The maximum Gasteiger partial charge on any atom is 0.316 e. The molecule has 2 aromatic carbocycles. The predicted octanol–water partition coefficient (Wildman–Crippen LogP) is 4.94. The Labute approximate surface area is 143 Å². The van der Waals surface area contributed by atoms with Crippen molar-refractivity contribution < 1.29 is 19.0 Å². The zero-order valence-corrected chi connectivity index (χ0v) is 15.1. The number of carbonyl (C=O) groups excluding carboxylic acids is 1. The van der Waals surface area contributed by atoms with Gasteiger partial charge in [-0.2, -0.15) is 0 Å². The summed E-state index contributed by atoms with van der Waals surface area (Å²) in [6.45, 7) is 10.1. The largest absolute Gasteiger partial charge is 0.465 e. The molecule has 0 aliphatic rings. The van der Waals surface area contributed by atoms with Gasteiger partial charge in [-0.05, 0) is 46.2 Å². The van der Waals surface area contributed by atoms with E-state index in [1.807, 2.05) is 65.0 Å². The topological polar surface area (TPSA) is 44.8 Å². The van der Waals surface area contributed by atoms with Gasteiger partial charge in [-0.15, -0.1) is 0 Å². The minimum atomic E-state index is -0.514. The molecule has 1 unspecified atom stereocenters. The summed E-state index contributed by atoms with van der Waals surface area (Å²) in [5.74, 6) is 1.03. The first kappa shape index (κ1) is 18.3. The van der Waals surface area contributed by atoms with E-state index in [0.717, 1.165) is 17.2 Å². The van der Waals surface area contributed by atoms with Crippen LogP contribution in [0.15, 0.2) is 36.4 Å². The van der Waals surface area contributed by atoms with Gasteiger partial charge in [-0.25, -0.2) is 0 Å². The van der Waals surface area contributed by atoms with Crippen LogP contribution in [0, 0.1) is 5.41 Å². The van der Waals surface area contributed by atoms with Crippen LogP contribution >= 0.6 is 0 Å². The molecule has 0 aliphatic heterocycles. The quantitative estimate of drug-likeness (QED) is 0.410. The van der Waals surface area contributed by atoms with Crippen LogP contribution in [-0.4, -0.2) is 18.9 Å². The molecule has 0 amide bonds.